The predicted octanol–water partition coefficient (Wildman–Crippen LogP) is 0.682. The lowest BCUT2D eigenvalue weighted by Gasteiger charge is -2.45. The van der Waals surface area contributed by atoms with Gasteiger partial charge in [-0.25, -0.2) is 8.42 Å². The van der Waals surface area contributed by atoms with E-state index in [2.05, 4.69) is 0 Å². The first-order valence-electron chi connectivity index (χ1n) is 5.70. The third-order valence-electron chi connectivity index (χ3n) is 3.41. The van der Waals surface area contributed by atoms with Crippen LogP contribution in [0.5, 0.6) is 0 Å². The van der Waals surface area contributed by atoms with E-state index in [1.807, 2.05) is 6.92 Å². The molecule has 15 heavy (non-hydrogen) atoms. The summed E-state index contributed by atoms with van der Waals surface area (Å²) in [6, 6.07) is 0. The molecule has 2 N–H and O–H groups in total. The number of hydrogen-bond donors (Lipinski definition) is 1. The van der Waals surface area contributed by atoms with E-state index in [1.54, 1.807) is 4.31 Å². The Hall–Kier alpha value is -0.130. The molecule has 0 bridgehead atoms. The van der Waals surface area contributed by atoms with E-state index in [0.717, 1.165) is 25.7 Å². The minimum atomic E-state index is -3.04. The molecule has 2 rings (SSSR count). The first-order valence-corrected chi connectivity index (χ1v) is 7.20. The molecular formula is C10H20N2O2S. The molecule has 0 aromatic carbocycles. The Morgan fingerprint density at radius 3 is 2.20 bits per heavy atom. The first-order chi connectivity index (χ1) is 6.92. The molecule has 1 aliphatic carbocycles. The fourth-order valence-corrected chi connectivity index (χ4v) is 4.81. The normalized spacial score (nSPS) is 28.7. The average Bonchev–Trinajstić information content (AvgIpc) is 2.15. The number of rotatable bonds is 2. The highest BCUT2D eigenvalue weighted by Gasteiger charge is 2.44. The fourth-order valence-electron chi connectivity index (χ4n) is 2.51. The minimum absolute atomic E-state index is 0.137. The zero-order valence-corrected chi connectivity index (χ0v) is 10.1. The topological polar surface area (TPSA) is 63.4 Å². The average molecular weight is 232 g/mol. The molecule has 1 heterocycles. The largest absolute Gasteiger partial charge is 0.323 e. The summed E-state index contributed by atoms with van der Waals surface area (Å²) < 4.78 is 25.8. The van der Waals surface area contributed by atoms with Crippen LogP contribution in [0.4, 0.5) is 0 Å². The maximum absolute atomic E-state index is 12.1. The summed E-state index contributed by atoms with van der Waals surface area (Å²) in [7, 11) is -3.04. The Bertz CT molecular complexity index is 323. The second-order valence-corrected chi connectivity index (χ2v) is 7.44. The number of sulfonamides is 1. The standard InChI is InChI=1S/C10H20N2O2S/c1-10(11)7-12(8-10)15(13,14)9-5-3-2-4-6-9/h9H,2-8,11H2,1H3. The summed E-state index contributed by atoms with van der Waals surface area (Å²) in [6.45, 7) is 2.89. The van der Waals surface area contributed by atoms with Crippen LogP contribution >= 0.6 is 0 Å². The second-order valence-electron chi connectivity index (χ2n) is 5.23. The fraction of sp³-hybridized carbons (Fsp3) is 1.00. The van der Waals surface area contributed by atoms with Gasteiger partial charge in [-0.15, -0.1) is 0 Å². The van der Waals surface area contributed by atoms with Gasteiger partial charge in [0.05, 0.1) is 5.25 Å². The van der Waals surface area contributed by atoms with Crippen LogP contribution in [0.25, 0.3) is 0 Å². The van der Waals surface area contributed by atoms with Crippen molar-refractivity contribution in [1.29, 1.82) is 0 Å². The molecule has 0 unspecified atom stereocenters. The Balaban J connectivity index is 2.01. The molecule has 0 amide bonds. The lowest BCUT2D eigenvalue weighted by molar-refractivity contribution is 0.173. The monoisotopic (exact) mass is 232 g/mol. The van der Waals surface area contributed by atoms with Crippen LogP contribution in [0.1, 0.15) is 39.0 Å². The SMILES string of the molecule is CC1(N)CN(S(=O)(=O)C2CCCCC2)C1. The lowest BCUT2D eigenvalue weighted by atomic mass is 9.97. The van der Waals surface area contributed by atoms with E-state index in [4.69, 9.17) is 5.73 Å². The Morgan fingerprint density at radius 1 is 1.20 bits per heavy atom. The highest BCUT2D eigenvalue weighted by molar-refractivity contribution is 7.89. The van der Waals surface area contributed by atoms with Gasteiger partial charge in [-0.1, -0.05) is 19.3 Å². The van der Waals surface area contributed by atoms with Crippen LogP contribution < -0.4 is 5.73 Å². The van der Waals surface area contributed by atoms with Crippen molar-refractivity contribution < 1.29 is 8.42 Å². The first kappa shape index (κ1) is 11.4. The number of nitrogens with two attached hydrogens (primary N) is 1. The van der Waals surface area contributed by atoms with Gasteiger partial charge in [0, 0.05) is 18.6 Å². The van der Waals surface area contributed by atoms with Crippen LogP contribution in [-0.2, 0) is 10.0 Å². The third-order valence-corrected chi connectivity index (χ3v) is 5.70. The summed E-state index contributed by atoms with van der Waals surface area (Å²) in [5, 5.41) is -0.137. The molecule has 0 spiro atoms. The van der Waals surface area contributed by atoms with Crippen molar-refractivity contribution in [3.05, 3.63) is 0 Å². The molecule has 0 aromatic rings. The van der Waals surface area contributed by atoms with Crippen molar-refractivity contribution in [3.8, 4) is 0 Å². The predicted molar refractivity (Wildman–Crippen MR) is 60.0 cm³/mol. The minimum Gasteiger partial charge on any atom is -0.323 e. The maximum Gasteiger partial charge on any atom is 0.217 e. The smallest absolute Gasteiger partial charge is 0.217 e. The van der Waals surface area contributed by atoms with E-state index < -0.39 is 10.0 Å². The summed E-state index contributed by atoms with van der Waals surface area (Å²) in [5.74, 6) is 0. The van der Waals surface area contributed by atoms with Crippen LogP contribution in [0.15, 0.2) is 0 Å². The van der Waals surface area contributed by atoms with E-state index in [1.165, 1.54) is 6.42 Å². The van der Waals surface area contributed by atoms with Gasteiger partial charge in [0.15, 0.2) is 0 Å². The zero-order chi connectivity index (χ0) is 11.1. The maximum atomic E-state index is 12.1. The molecule has 0 radical (unpaired) electrons. The van der Waals surface area contributed by atoms with Gasteiger partial charge in [0.1, 0.15) is 0 Å². The Morgan fingerprint density at radius 2 is 1.73 bits per heavy atom. The molecule has 1 aliphatic heterocycles. The summed E-state index contributed by atoms with van der Waals surface area (Å²) in [4.78, 5) is 0. The molecule has 4 nitrogen and oxygen atoms in total. The lowest BCUT2D eigenvalue weighted by Crippen LogP contribution is -2.67. The van der Waals surface area contributed by atoms with Crippen LogP contribution in [0.2, 0.25) is 0 Å². The van der Waals surface area contributed by atoms with Crippen molar-refractivity contribution in [2.45, 2.75) is 49.8 Å². The van der Waals surface area contributed by atoms with Gasteiger partial charge in [-0.05, 0) is 19.8 Å². The van der Waals surface area contributed by atoms with Crippen molar-refractivity contribution in [1.82, 2.24) is 4.31 Å². The molecule has 0 aromatic heterocycles. The molecule has 2 fully saturated rings. The summed E-state index contributed by atoms with van der Waals surface area (Å²) >= 11 is 0. The van der Waals surface area contributed by atoms with Crippen LogP contribution in [0, 0.1) is 0 Å². The molecular weight excluding hydrogens is 212 g/mol. The van der Waals surface area contributed by atoms with Crippen molar-refractivity contribution in [3.63, 3.8) is 0 Å². The number of hydrogen-bond acceptors (Lipinski definition) is 3. The van der Waals surface area contributed by atoms with E-state index >= 15 is 0 Å². The van der Waals surface area contributed by atoms with E-state index in [-0.39, 0.29) is 10.8 Å². The highest BCUT2D eigenvalue weighted by atomic mass is 32.2. The highest BCUT2D eigenvalue weighted by Crippen LogP contribution is 2.30. The molecule has 2 aliphatic rings. The Labute approximate surface area is 91.9 Å². The molecule has 1 saturated heterocycles. The van der Waals surface area contributed by atoms with Crippen LogP contribution in [-0.4, -0.2) is 36.6 Å². The Kier molecular flexibility index (Phi) is 2.81. The van der Waals surface area contributed by atoms with Gasteiger partial charge in [0.2, 0.25) is 10.0 Å². The van der Waals surface area contributed by atoms with E-state index in [9.17, 15) is 8.42 Å². The third kappa shape index (κ3) is 2.19. The van der Waals surface area contributed by atoms with E-state index in [0.29, 0.717) is 13.1 Å². The quantitative estimate of drug-likeness (QED) is 0.761. The van der Waals surface area contributed by atoms with Gasteiger partial charge in [-0.3, -0.25) is 0 Å². The van der Waals surface area contributed by atoms with Crippen molar-refractivity contribution >= 4 is 10.0 Å². The van der Waals surface area contributed by atoms with Crippen LogP contribution in [0.3, 0.4) is 0 Å². The summed E-state index contributed by atoms with van der Waals surface area (Å²) in [6.07, 6.45) is 4.95. The molecule has 88 valence electrons. The van der Waals surface area contributed by atoms with Gasteiger partial charge < -0.3 is 5.73 Å². The van der Waals surface area contributed by atoms with Crippen molar-refractivity contribution in [2.24, 2.45) is 5.73 Å². The van der Waals surface area contributed by atoms with Gasteiger partial charge >= 0.3 is 0 Å². The zero-order valence-electron chi connectivity index (χ0n) is 9.28. The molecule has 5 heteroatoms. The van der Waals surface area contributed by atoms with Gasteiger partial charge in [-0.2, -0.15) is 4.31 Å². The van der Waals surface area contributed by atoms with Gasteiger partial charge in [0.25, 0.3) is 0 Å². The summed E-state index contributed by atoms with van der Waals surface area (Å²) in [5.41, 5.74) is 5.53. The molecule has 0 atom stereocenters. The second kappa shape index (κ2) is 3.71. The molecule has 1 saturated carbocycles. The van der Waals surface area contributed by atoms with Crippen molar-refractivity contribution in [2.75, 3.05) is 13.1 Å². The number of nitrogens with zero attached hydrogens (tertiary/aromatic N) is 1.